The fraction of sp³-hybridized carbons (Fsp3) is 0.308. The predicted molar refractivity (Wildman–Crippen MR) is 85.8 cm³/mol. The third kappa shape index (κ3) is 3.45. The number of anilines is 1. The summed E-state index contributed by atoms with van der Waals surface area (Å²) in [7, 11) is -1.99. The van der Waals surface area contributed by atoms with E-state index in [2.05, 4.69) is 36.2 Å². The minimum atomic E-state index is -3.74. The summed E-state index contributed by atoms with van der Waals surface area (Å²) in [6, 6.07) is 5.41. The number of sulfonamides is 1. The molecule has 1 aromatic carbocycles. The second-order valence-corrected chi connectivity index (χ2v) is 7.20. The summed E-state index contributed by atoms with van der Waals surface area (Å²) in [6.07, 6.45) is 0. The molecule has 2 rings (SSSR count). The first-order chi connectivity index (χ1) is 9.85. The van der Waals surface area contributed by atoms with Crippen molar-refractivity contribution in [1.29, 1.82) is 0 Å². The van der Waals surface area contributed by atoms with Crippen molar-refractivity contribution >= 4 is 31.6 Å². The highest BCUT2D eigenvalue weighted by molar-refractivity contribution is 9.10. The fourth-order valence-electron chi connectivity index (χ4n) is 1.93. The van der Waals surface area contributed by atoms with Crippen molar-refractivity contribution in [2.75, 3.05) is 11.8 Å². The summed E-state index contributed by atoms with van der Waals surface area (Å²) in [5.74, 6) is 0. The molecule has 0 spiro atoms. The number of aromatic nitrogens is 2. The van der Waals surface area contributed by atoms with Crippen LogP contribution in [-0.2, 0) is 16.6 Å². The number of H-pyrrole nitrogens is 1. The maximum absolute atomic E-state index is 12.5. The van der Waals surface area contributed by atoms with Gasteiger partial charge in [-0.15, -0.1) is 0 Å². The Morgan fingerprint density at radius 2 is 2.05 bits per heavy atom. The second kappa shape index (κ2) is 6.17. The lowest BCUT2D eigenvalue weighted by Gasteiger charge is -2.10. The van der Waals surface area contributed by atoms with E-state index in [1.54, 1.807) is 20.0 Å². The molecule has 0 unspecified atom stereocenters. The Hall–Kier alpha value is -1.38. The number of hydrogen-bond donors (Lipinski definition) is 3. The Bertz CT molecular complexity index is 756. The third-order valence-corrected chi connectivity index (χ3v) is 5.00. The average molecular weight is 373 g/mol. The van der Waals surface area contributed by atoms with E-state index in [-0.39, 0.29) is 5.03 Å². The van der Waals surface area contributed by atoms with Gasteiger partial charge in [0.15, 0.2) is 0 Å². The van der Waals surface area contributed by atoms with Crippen molar-refractivity contribution < 1.29 is 8.42 Å². The Balaban J connectivity index is 2.39. The molecule has 1 aromatic heterocycles. The molecule has 0 aliphatic carbocycles. The van der Waals surface area contributed by atoms with Gasteiger partial charge in [-0.3, -0.25) is 9.82 Å². The Morgan fingerprint density at radius 1 is 1.33 bits per heavy atom. The number of rotatable bonds is 5. The lowest BCUT2D eigenvalue weighted by molar-refractivity contribution is 0.595. The summed E-state index contributed by atoms with van der Waals surface area (Å²) in [5.41, 5.74) is 2.88. The quantitative estimate of drug-likeness (QED) is 0.751. The zero-order valence-corrected chi connectivity index (χ0v) is 14.4. The highest BCUT2D eigenvalue weighted by Crippen LogP contribution is 2.26. The molecule has 0 aliphatic rings. The number of aromatic amines is 1. The molecule has 0 saturated heterocycles. The van der Waals surface area contributed by atoms with Crippen LogP contribution in [0.25, 0.3) is 0 Å². The van der Waals surface area contributed by atoms with Gasteiger partial charge >= 0.3 is 0 Å². The van der Waals surface area contributed by atoms with Gasteiger partial charge in [0.1, 0.15) is 0 Å². The molecule has 0 fully saturated rings. The minimum absolute atomic E-state index is 0.0156. The molecule has 0 bridgehead atoms. The highest BCUT2D eigenvalue weighted by atomic mass is 79.9. The van der Waals surface area contributed by atoms with Crippen molar-refractivity contribution in [2.45, 2.75) is 25.4 Å². The van der Waals surface area contributed by atoms with Crippen LogP contribution in [-0.4, -0.2) is 25.7 Å². The van der Waals surface area contributed by atoms with Gasteiger partial charge in [0.25, 0.3) is 10.0 Å². The first-order valence-corrected chi connectivity index (χ1v) is 8.60. The first kappa shape index (κ1) is 16.0. The summed E-state index contributed by atoms with van der Waals surface area (Å²) in [4.78, 5) is 0. The van der Waals surface area contributed by atoms with Gasteiger partial charge < -0.3 is 5.32 Å². The summed E-state index contributed by atoms with van der Waals surface area (Å²) in [5, 5.41) is 9.60. The van der Waals surface area contributed by atoms with Crippen molar-refractivity contribution in [2.24, 2.45) is 0 Å². The first-order valence-electron chi connectivity index (χ1n) is 6.32. The largest absolute Gasteiger partial charge is 0.316 e. The lowest BCUT2D eigenvalue weighted by Crippen LogP contribution is -2.17. The maximum atomic E-state index is 12.5. The van der Waals surface area contributed by atoms with Crippen molar-refractivity contribution in [3.63, 3.8) is 0 Å². The number of nitrogens with one attached hydrogen (secondary N) is 3. The van der Waals surface area contributed by atoms with Crippen LogP contribution in [0.3, 0.4) is 0 Å². The highest BCUT2D eigenvalue weighted by Gasteiger charge is 2.24. The smallest absolute Gasteiger partial charge is 0.281 e. The summed E-state index contributed by atoms with van der Waals surface area (Å²) in [6.45, 7) is 4.15. The lowest BCUT2D eigenvalue weighted by atomic mass is 10.2. The Morgan fingerprint density at radius 3 is 2.67 bits per heavy atom. The molecule has 0 atom stereocenters. The van der Waals surface area contributed by atoms with Gasteiger partial charge in [0, 0.05) is 22.3 Å². The van der Waals surface area contributed by atoms with Crippen LogP contribution in [0.2, 0.25) is 0 Å². The molecule has 0 saturated carbocycles. The van der Waals surface area contributed by atoms with Crippen LogP contribution in [0.1, 0.15) is 16.8 Å². The molecule has 8 heteroatoms. The van der Waals surface area contributed by atoms with E-state index < -0.39 is 10.0 Å². The van der Waals surface area contributed by atoms with E-state index in [0.717, 1.165) is 11.3 Å². The number of benzene rings is 1. The maximum Gasteiger partial charge on any atom is 0.281 e. The number of nitrogens with zero attached hydrogens (tertiary/aromatic N) is 1. The molecular formula is C13H17BrN4O2S. The zero-order chi connectivity index (χ0) is 15.6. The predicted octanol–water partition coefficient (Wildman–Crippen LogP) is 2.31. The standard InChI is InChI=1S/C13H17BrN4O2S/c1-8-4-5-12(11(14)6-8)18-21(19,20)13-10(7-15-3)9(2)16-17-13/h4-6,15,18H,7H2,1-3H3,(H,16,17). The van der Waals surface area contributed by atoms with Crippen LogP contribution in [0.5, 0.6) is 0 Å². The van der Waals surface area contributed by atoms with Crippen molar-refractivity contribution in [3.05, 3.63) is 39.5 Å². The van der Waals surface area contributed by atoms with E-state index in [0.29, 0.717) is 22.3 Å². The van der Waals surface area contributed by atoms with E-state index in [4.69, 9.17) is 0 Å². The van der Waals surface area contributed by atoms with Crippen LogP contribution < -0.4 is 10.0 Å². The average Bonchev–Trinajstić information content (AvgIpc) is 2.76. The van der Waals surface area contributed by atoms with Crippen LogP contribution in [0, 0.1) is 13.8 Å². The minimum Gasteiger partial charge on any atom is -0.316 e. The molecule has 0 radical (unpaired) electrons. The van der Waals surface area contributed by atoms with Gasteiger partial charge in [-0.05, 0) is 54.5 Å². The summed E-state index contributed by atoms with van der Waals surface area (Å²) >= 11 is 3.36. The van der Waals surface area contributed by atoms with Gasteiger partial charge in [0.2, 0.25) is 5.03 Å². The van der Waals surface area contributed by atoms with E-state index in [1.807, 2.05) is 19.1 Å². The molecule has 1 heterocycles. The topological polar surface area (TPSA) is 86.9 Å². The molecular weight excluding hydrogens is 356 g/mol. The Labute approximate surface area is 132 Å². The van der Waals surface area contributed by atoms with Crippen molar-refractivity contribution in [1.82, 2.24) is 15.5 Å². The summed E-state index contributed by atoms with van der Waals surface area (Å²) < 4.78 is 28.3. The van der Waals surface area contributed by atoms with Gasteiger partial charge in [-0.2, -0.15) is 13.5 Å². The monoisotopic (exact) mass is 372 g/mol. The molecule has 21 heavy (non-hydrogen) atoms. The van der Waals surface area contributed by atoms with Gasteiger partial charge in [-0.25, -0.2) is 0 Å². The number of aryl methyl sites for hydroxylation is 2. The fourth-order valence-corrected chi connectivity index (χ4v) is 3.94. The molecule has 3 N–H and O–H groups in total. The second-order valence-electron chi connectivity index (χ2n) is 4.75. The van der Waals surface area contributed by atoms with Crippen LogP contribution in [0.15, 0.2) is 27.7 Å². The molecule has 0 amide bonds. The van der Waals surface area contributed by atoms with E-state index in [9.17, 15) is 8.42 Å². The van der Waals surface area contributed by atoms with Crippen LogP contribution in [0.4, 0.5) is 5.69 Å². The molecule has 0 aliphatic heterocycles. The third-order valence-electron chi connectivity index (χ3n) is 3.01. The van der Waals surface area contributed by atoms with Gasteiger partial charge in [-0.1, -0.05) is 6.07 Å². The number of hydrogen-bond acceptors (Lipinski definition) is 4. The molecule has 114 valence electrons. The SMILES string of the molecule is CNCc1c(S(=O)(=O)Nc2ccc(C)cc2Br)n[nH]c1C. The molecule has 6 nitrogen and oxygen atoms in total. The van der Waals surface area contributed by atoms with Crippen LogP contribution >= 0.6 is 15.9 Å². The Kier molecular flexibility index (Phi) is 4.70. The zero-order valence-electron chi connectivity index (χ0n) is 12.0. The number of halogens is 1. The van der Waals surface area contributed by atoms with E-state index in [1.165, 1.54) is 0 Å². The van der Waals surface area contributed by atoms with Crippen molar-refractivity contribution in [3.8, 4) is 0 Å². The van der Waals surface area contributed by atoms with E-state index >= 15 is 0 Å². The van der Waals surface area contributed by atoms with Gasteiger partial charge in [0.05, 0.1) is 5.69 Å². The normalized spacial score (nSPS) is 11.6. The molecule has 2 aromatic rings.